The second-order valence-corrected chi connectivity index (χ2v) is 7.37. The van der Waals surface area contributed by atoms with Gasteiger partial charge in [0.2, 0.25) is 0 Å². The molecule has 1 aromatic carbocycles. The Balaban J connectivity index is 1.75. The number of nitrogens with zero attached hydrogens (tertiary/aromatic N) is 2. The zero-order valence-electron chi connectivity index (χ0n) is 17.1. The number of likely N-dealkylation sites (tertiary alicyclic amines) is 1. The molecule has 2 aromatic rings. The van der Waals surface area contributed by atoms with Gasteiger partial charge in [0.1, 0.15) is 11.3 Å². The van der Waals surface area contributed by atoms with Crippen LogP contribution in [0.5, 0.6) is 5.75 Å². The van der Waals surface area contributed by atoms with Gasteiger partial charge in [-0.2, -0.15) is 0 Å². The van der Waals surface area contributed by atoms with Crippen molar-refractivity contribution in [2.45, 2.75) is 39.2 Å². The molecule has 1 amide bonds. The quantitative estimate of drug-likeness (QED) is 0.862. The summed E-state index contributed by atoms with van der Waals surface area (Å²) in [5.74, 6) is 0.639. The number of ether oxygens (including phenoxy) is 1. The van der Waals surface area contributed by atoms with E-state index in [4.69, 9.17) is 4.74 Å². The lowest BCUT2D eigenvalue weighted by Gasteiger charge is -2.34. The number of hydrogen-bond acceptors (Lipinski definition) is 4. The highest BCUT2D eigenvalue weighted by molar-refractivity contribution is 5.94. The number of aromatic nitrogens is 1. The molecule has 6 heteroatoms. The second-order valence-electron chi connectivity index (χ2n) is 7.37. The average molecular weight is 383 g/mol. The van der Waals surface area contributed by atoms with Gasteiger partial charge in [0.25, 0.3) is 11.5 Å². The lowest BCUT2D eigenvalue weighted by Crippen LogP contribution is -2.46. The highest BCUT2D eigenvalue weighted by atomic mass is 16.5. The van der Waals surface area contributed by atoms with Crippen LogP contribution in [0.4, 0.5) is 5.69 Å². The Kier molecular flexibility index (Phi) is 6.07. The molecule has 0 bridgehead atoms. The fourth-order valence-corrected chi connectivity index (χ4v) is 3.97. The number of rotatable bonds is 5. The second kappa shape index (κ2) is 8.50. The van der Waals surface area contributed by atoms with Crippen LogP contribution in [-0.4, -0.2) is 41.6 Å². The number of anilines is 1. The first-order chi connectivity index (χ1) is 13.4. The summed E-state index contributed by atoms with van der Waals surface area (Å²) < 4.78 is 6.80. The molecule has 0 radical (unpaired) electrons. The fraction of sp³-hybridized carbons (Fsp3) is 0.455. The molecule has 2 heterocycles. The highest BCUT2D eigenvalue weighted by Crippen LogP contribution is 2.20. The Bertz CT molecular complexity index is 902. The first kappa shape index (κ1) is 20.0. The van der Waals surface area contributed by atoms with Gasteiger partial charge in [0.15, 0.2) is 0 Å². The molecule has 0 saturated carbocycles. The zero-order valence-corrected chi connectivity index (χ0v) is 17.1. The smallest absolute Gasteiger partial charge is 0.263 e. The van der Waals surface area contributed by atoms with Crippen molar-refractivity contribution in [3.05, 3.63) is 57.5 Å². The molecular weight excluding hydrogens is 354 g/mol. The molecule has 0 spiro atoms. The molecule has 0 aliphatic carbocycles. The van der Waals surface area contributed by atoms with Crippen LogP contribution in [0.2, 0.25) is 0 Å². The van der Waals surface area contributed by atoms with E-state index >= 15 is 0 Å². The van der Waals surface area contributed by atoms with Crippen molar-refractivity contribution < 1.29 is 9.53 Å². The Morgan fingerprint density at radius 2 is 2.00 bits per heavy atom. The van der Waals surface area contributed by atoms with E-state index in [9.17, 15) is 9.59 Å². The Hall–Kier alpha value is -2.76. The van der Waals surface area contributed by atoms with Crippen LogP contribution < -0.4 is 15.6 Å². The van der Waals surface area contributed by atoms with Crippen LogP contribution in [0.25, 0.3) is 0 Å². The van der Waals surface area contributed by atoms with E-state index in [1.165, 1.54) is 0 Å². The van der Waals surface area contributed by atoms with Crippen LogP contribution >= 0.6 is 0 Å². The van der Waals surface area contributed by atoms with Crippen molar-refractivity contribution in [1.82, 2.24) is 9.47 Å². The van der Waals surface area contributed by atoms with Crippen molar-refractivity contribution in [1.29, 1.82) is 0 Å². The molecule has 1 atom stereocenters. The van der Waals surface area contributed by atoms with Gasteiger partial charge >= 0.3 is 0 Å². The van der Waals surface area contributed by atoms with Crippen molar-refractivity contribution in [2.75, 3.05) is 25.5 Å². The van der Waals surface area contributed by atoms with Gasteiger partial charge in [-0.15, -0.1) is 0 Å². The number of aryl methyl sites for hydroxylation is 1. The standard InChI is InChI=1S/C22H29N3O3/c1-5-20-15(2)13-19(21(26)24(20)3)22(27)25-12-6-7-17(14-25)23-16-8-10-18(28-4)11-9-16/h8-11,13,17,23H,5-7,12,14H2,1-4H3. The van der Waals surface area contributed by atoms with E-state index in [0.29, 0.717) is 13.1 Å². The van der Waals surface area contributed by atoms with Crippen LogP contribution in [0, 0.1) is 6.92 Å². The SMILES string of the molecule is CCc1c(C)cc(C(=O)N2CCCC(Nc3ccc(OC)cc3)C2)c(=O)n1C. The first-order valence-corrected chi connectivity index (χ1v) is 9.84. The largest absolute Gasteiger partial charge is 0.497 e. The number of carbonyl (C=O) groups is 1. The van der Waals surface area contributed by atoms with Gasteiger partial charge in [-0.1, -0.05) is 6.92 Å². The monoisotopic (exact) mass is 383 g/mol. The van der Waals surface area contributed by atoms with E-state index in [1.54, 1.807) is 29.7 Å². The van der Waals surface area contributed by atoms with Crippen molar-refractivity contribution in [3.8, 4) is 5.75 Å². The van der Waals surface area contributed by atoms with Crippen molar-refractivity contribution in [3.63, 3.8) is 0 Å². The van der Waals surface area contributed by atoms with Gasteiger partial charge in [-0.3, -0.25) is 9.59 Å². The summed E-state index contributed by atoms with van der Waals surface area (Å²) in [6, 6.07) is 9.69. The molecule has 150 valence electrons. The predicted molar refractivity (Wildman–Crippen MR) is 111 cm³/mol. The van der Waals surface area contributed by atoms with E-state index in [0.717, 1.165) is 42.0 Å². The van der Waals surface area contributed by atoms with Crippen LogP contribution in [0.1, 0.15) is 41.4 Å². The molecule has 1 aliphatic heterocycles. The minimum atomic E-state index is -0.210. The van der Waals surface area contributed by atoms with Gasteiger partial charge in [0.05, 0.1) is 7.11 Å². The fourth-order valence-electron chi connectivity index (χ4n) is 3.97. The molecule has 1 fully saturated rings. The van der Waals surface area contributed by atoms with Crippen molar-refractivity contribution in [2.24, 2.45) is 7.05 Å². The number of nitrogens with one attached hydrogen (secondary N) is 1. The zero-order chi connectivity index (χ0) is 20.3. The van der Waals surface area contributed by atoms with Gasteiger partial charge in [-0.05, 0) is 62.1 Å². The van der Waals surface area contributed by atoms with Crippen LogP contribution in [0.3, 0.4) is 0 Å². The number of piperidine rings is 1. The first-order valence-electron chi connectivity index (χ1n) is 9.84. The predicted octanol–water partition coefficient (Wildman–Crippen LogP) is 2.98. The third-order valence-corrected chi connectivity index (χ3v) is 5.49. The third-order valence-electron chi connectivity index (χ3n) is 5.49. The van der Waals surface area contributed by atoms with Crippen LogP contribution in [-0.2, 0) is 13.5 Å². The summed E-state index contributed by atoms with van der Waals surface area (Å²) in [6.07, 6.45) is 2.66. The summed E-state index contributed by atoms with van der Waals surface area (Å²) in [5, 5.41) is 3.49. The lowest BCUT2D eigenvalue weighted by atomic mass is 10.0. The summed E-state index contributed by atoms with van der Waals surface area (Å²) in [6.45, 7) is 5.24. The molecular formula is C22H29N3O3. The molecule has 1 N–H and O–H groups in total. The molecule has 6 nitrogen and oxygen atoms in total. The van der Waals surface area contributed by atoms with E-state index in [2.05, 4.69) is 5.32 Å². The Morgan fingerprint density at radius 3 is 2.64 bits per heavy atom. The van der Waals surface area contributed by atoms with E-state index in [-0.39, 0.29) is 23.1 Å². The minimum Gasteiger partial charge on any atom is -0.497 e. The molecule has 1 aliphatic rings. The van der Waals surface area contributed by atoms with Crippen molar-refractivity contribution >= 4 is 11.6 Å². The lowest BCUT2D eigenvalue weighted by molar-refractivity contribution is 0.0712. The normalized spacial score (nSPS) is 16.7. The number of methoxy groups -OCH3 is 1. The molecule has 3 rings (SSSR count). The van der Waals surface area contributed by atoms with E-state index < -0.39 is 0 Å². The van der Waals surface area contributed by atoms with Crippen LogP contribution in [0.15, 0.2) is 35.1 Å². The summed E-state index contributed by atoms with van der Waals surface area (Å²) in [5.41, 5.74) is 3.01. The maximum Gasteiger partial charge on any atom is 0.263 e. The number of benzene rings is 1. The maximum atomic E-state index is 13.1. The number of pyridine rings is 1. The Morgan fingerprint density at radius 1 is 1.29 bits per heavy atom. The molecule has 28 heavy (non-hydrogen) atoms. The summed E-state index contributed by atoms with van der Waals surface area (Å²) in [4.78, 5) is 27.6. The Labute approximate surface area is 166 Å². The highest BCUT2D eigenvalue weighted by Gasteiger charge is 2.27. The third kappa shape index (κ3) is 4.06. The topological polar surface area (TPSA) is 63.6 Å². The molecule has 1 aromatic heterocycles. The minimum absolute atomic E-state index is 0.158. The molecule has 1 unspecified atom stereocenters. The average Bonchev–Trinajstić information content (AvgIpc) is 2.71. The maximum absolute atomic E-state index is 13.1. The van der Waals surface area contributed by atoms with Gasteiger partial charge in [0, 0.05) is 37.6 Å². The molecule has 1 saturated heterocycles. The number of amides is 1. The summed E-state index contributed by atoms with van der Waals surface area (Å²) in [7, 11) is 3.39. The van der Waals surface area contributed by atoms with Gasteiger partial charge in [-0.25, -0.2) is 0 Å². The summed E-state index contributed by atoms with van der Waals surface area (Å²) >= 11 is 0. The van der Waals surface area contributed by atoms with E-state index in [1.807, 2.05) is 38.1 Å². The number of hydrogen-bond donors (Lipinski definition) is 1. The number of carbonyl (C=O) groups excluding carboxylic acids is 1. The van der Waals surface area contributed by atoms with Gasteiger partial charge < -0.3 is 19.5 Å².